The quantitative estimate of drug-likeness (QED) is 0.868. The van der Waals surface area contributed by atoms with E-state index in [1.165, 1.54) is 11.8 Å². The zero-order valence-electron chi connectivity index (χ0n) is 9.38. The Morgan fingerprint density at radius 3 is 2.72 bits per heavy atom. The first kappa shape index (κ1) is 12.7. The van der Waals surface area contributed by atoms with Gasteiger partial charge in [0.15, 0.2) is 5.16 Å². The number of halogens is 1. The molecule has 2 N–H and O–H groups in total. The molecule has 0 unspecified atom stereocenters. The monoisotopic (exact) mass is 279 g/mol. The topological polar surface area (TPSA) is 80.5 Å². The van der Waals surface area contributed by atoms with Gasteiger partial charge in [0.2, 0.25) is 5.95 Å². The van der Waals surface area contributed by atoms with Crippen molar-refractivity contribution in [2.75, 3.05) is 11.5 Å². The highest BCUT2D eigenvalue weighted by molar-refractivity contribution is 7.99. The van der Waals surface area contributed by atoms with Crippen molar-refractivity contribution < 1.29 is 0 Å². The predicted octanol–water partition coefficient (Wildman–Crippen LogP) is 2.18. The third kappa shape index (κ3) is 2.94. The largest absolute Gasteiger partial charge is 0.368 e. The maximum Gasteiger partial charge on any atom is 0.223 e. The first-order valence-electron chi connectivity index (χ1n) is 5.13. The summed E-state index contributed by atoms with van der Waals surface area (Å²) < 4.78 is 1.77. The molecule has 1 aromatic carbocycles. The van der Waals surface area contributed by atoms with Crippen LogP contribution >= 0.6 is 23.4 Å². The molecule has 0 aliphatic rings. The normalized spacial score (nSPS) is 10.2. The SMILES string of the molecule is N#CCSc1nnc(N)n1Cc1ccc(Cl)cc1. The number of nitrogens with two attached hydrogens (primary N) is 1. The fourth-order valence-corrected chi connectivity index (χ4v) is 2.16. The van der Waals surface area contributed by atoms with Gasteiger partial charge in [-0.2, -0.15) is 5.26 Å². The molecule has 0 fully saturated rings. The fraction of sp³-hybridized carbons (Fsp3) is 0.182. The summed E-state index contributed by atoms with van der Waals surface area (Å²) in [4.78, 5) is 0. The van der Waals surface area contributed by atoms with Crippen molar-refractivity contribution in [2.24, 2.45) is 0 Å². The third-order valence-corrected chi connectivity index (χ3v) is 3.35. The average Bonchev–Trinajstić information content (AvgIpc) is 2.71. The number of hydrogen-bond acceptors (Lipinski definition) is 5. The lowest BCUT2D eigenvalue weighted by atomic mass is 10.2. The lowest BCUT2D eigenvalue weighted by Crippen LogP contribution is -2.06. The van der Waals surface area contributed by atoms with Gasteiger partial charge in [0.25, 0.3) is 0 Å². The second kappa shape index (κ2) is 5.76. The predicted molar refractivity (Wildman–Crippen MR) is 71.3 cm³/mol. The summed E-state index contributed by atoms with van der Waals surface area (Å²) in [6, 6.07) is 9.52. The third-order valence-electron chi connectivity index (χ3n) is 2.27. The van der Waals surface area contributed by atoms with Crippen molar-refractivity contribution in [3.05, 3.63) is 34.9 Å². The Bertz CT molecular complexity index is 572. The summed E-state index contributed by atoms with van der Waals surface area (Å²) in [5.74, 6) is 0.657. The number of aromatic nitrogens is 3. The fourth-order valence-electron chi connectivity index (χ4n) is 1.42. The number of nitriles is 1. The van der Waals surface area contributed by atoms with Gasteiger partial charge >= 0.3 is 0 Å². The van der Waals surface area contributed by atoms with E-state index in [0.717, 1.165) is 5.56 Å². The molecule has 2 aromatic rings. The van der Waals surface area contributed by atoms with Gasteiger partial charge in [-0.15, -0.1) is 10.2 Å². The minimum absolute atomic E-state index is 0.318. The van der Waals surface area contributed by atoms with Crippen molar-refractivity contribution >= 4 is 29.3 Å². The van der Waals surface area contributed by atoms with Crippen LogP contribution in [0.3, 0.4) is 0 Å². The molecule has 0 spiro atoms. The van der Waals surface area contributed by atoms with Crippen LogP contribution in [0.2, 0.25) is 5.02 Å². The molecule has 1 heterocycles. The Morgan fingerprint density at radius 1 is 1.33 bits per heavy atom. The number of nitrogens with zero attached hydrogens (tertiary/aromatic N) is 4. The molecule has 0 aliphatic heterocycles. The minimum atomic E-state index is 0.318. The van der Waals surface area contributed by atoms with Crippen molar-refractivity contribution in [3.63, 3.8) is 0 Å². The van der Waals surface area contributed by atoms with Crippen LogP contribution in [0.5, 0.6) is 0 Å². The number of nitrogen functional groups attached to an aromatic ring is 1. The molecule has 0 bridgehead atoms. The Kier molecular flexibility index (Phi) is 4.07. The molecular weight excluding hydrogens is 270 g/mol. The highest BCUT2D eigenvalue weighted by Gasteiger charge is 2.10. The zero-order valence-corrected chi connectivity index (χ0v) is 10.9. The number of rotatable bonds is 4. The van der Waals surface area contributed by atoms with Crippen LogP contribution in [0.15, 0.2) is 29.4 Å². The molecule has 92 valence electrons. The summed E-state index contributed by atoms with van der Waals surface area (Å²) in [6.07, 6.45) is 0. The average molecular weight is 280 g/mol. The summed E-state index contributed by atoms with van der Waals surface area (Å²) in [5.41, 5.74) is 6.80. The summed E-state index contributed by atoms with van der Waals surface area (Å²) in [7, 11) is 0. The van der Waals surface area contributed by atoms with Gasteiger partial charge in [0.1, 0.15) is 0 Å². The molecule has 0 saturated carbocycles. The van der Waals surface area contributed by atoms with E-state index in [4.69, 9.17) is 22.6 Å². The molecule has 0 atom stereocenters. The van der Waals surface area contributed by atoms with E-state index < -0.39 is 0 Å². The summed E-state index contributed by atoms with van der Waals surface area (Å²) in [6.45, 7) is 0.559. The standard InChI is InChI=1S/C11H10ClN5S/c12-9-3-1-8(2-4-9)7-17-10(14)15-16-11(17)18-6-5-13/h1-4H,6-7H2,(H2,14,15). The van der Waals surface area contributed by atoms with Crippen LogP contribution in [0.4, 0.5) is 5.95 Å². The van der Waals surface area contributed by atoms with Gasteiger partial charge < -0.3 is 5.73 Å². The molecule has 7 heteroatoms. The number of thioether (sulfide) groups is 1. The van der Waals surface area contributed by atoms with Crippen LogP contribution in [0.1, 0.15) is 5.56 Å². The van der Waals surface area contributed by atoms with E-state index in [0.29, 0.717) is 28.4 Å². The summed E-state index contributed by atoms with van der Waals surface area (Å²) >= 11 is 7.14. The smallest absolute Gasteiger partial charge is 0.223 e. The van der Waals surface area contributed by atoms with Gasteiger partial charge in [-0.3, -0.25) is 4.57 Å². The lowest BCUT2D eigenvalue weighted by molar-refractivity contribution is 0.717. The first-order valence-corrected chi connectivity index (χ1v) is 6.50. The van der Waals surface area contributed by atoms with Crippen LogP contribution in [0.25, 0.3) is 0 Å². The van der Waals surface area contributed by atoms with Gasteiger partial charge in [0.05, 0.1) is 18.4 Å². The van der Waals surface area contributed by atoms with Gasteiger partial charge in [-0.05, 0) is 17.7 Å². The van der Waals surface area contributed by atoms with E-state index in [1.807, 2.05) is 30.3 Å². The highest BCUT2D eigenvalue weighted by atomic mass is 35.5. The van der Waals surface area contributed by atoms with E-state index in [1.54, 1.807) is 4.57 Å². The molecule has 0 radical (unpaired) electrons. The molecule has 0 aliphatic carbocycles. The number of benzene rings is 1. The molecule has 5 nitrogen and oxygen atoms in total. The zero-order chi connectivity index (χ0) is 13.0. The number of hydrogen-bond donors (Lipinski definition) is 1. The second-order valence-corrected chi connectivity index (χ2v) is 4.88. The molecule has 18 heavy (non-hydrogen) atoms. The summed E-state index contributed by atoms with van der Waals surface area (Å²) in [5, 5.41) is 17.7. The van der Waals surface area contributed by atoms with Crippen molar-refractivity contribution in [2.45, 2.75) is 11.7 Å². The maximum atomic E-state index is 8.57. The Hall–Kier alpha value is -1.71. The first-order chi connectivity index (χ1) is 8.70. The Morgan fingerprint density at radius 2 is 2.06 bits per heavy atom. The molecule has 0 amide bonds. The van der Waals surface area contributed by atoms with Crippen LogP contribution in [-0.2, 0) is 6.54 Å². The van der Waals surface area contributed by atoms with Crippen molar-refractivity contribution in [1.29, 1.82) is 5.26 Å². The van der Waals surface area contributed by atoms with E-state index in [2.05, 4.69) is 10.2 Å². The highest BCUT2D eigenvalue weighted by Crippen LogP contribution is 2.19. The van der Waals surface area contributed by atoms with Crippen LogP contribution < -0.4 is 5.73 Å². The Labute approximate surface area is 114 Å². The second-order valence-electron chi connectivity index (χ2n) is 3.50. The van der Waals surface area contributed by atoms with E-state index in [-0.39, 0.29) is 0 Å². The Balaban J connectivity index is 2.20. The van der Waals surface area contributed by atoms with Gasteiger partial charge in [-0.25, -0.2) is 0 Å². The van der Waals surface area contributed by atoms with E-state index >= 15 is 0 Å². The molecular formula is C11H10ClN5S. The van der Waals surface area contributed by atoms with Crippen molar-refractivity contribution in [3.8, 4) is 6.07 Å². The molecule has 1 aromatic heterocycles. The van der Waals surface area contributed by atoms with Crippen LogP contribution in [0, 0.1) is 11.3 Å². The van der Waals surface area contributed by atoms with E-state index in [9.17, 15) is 0 Å². The van der Waals surface area contributed by atoms with Gasteiger partial charge in [0, 0.05) is 5.02 Å². The minimum Gasteiger partial charge on any atom is -0.368 e. The maximum absolute atomic E-state index is 8.57. The van der Waals surface area contributed by atoms with Gasteiger partial charge in [-0.1, -0.05) is 35.5 Å². The lowest BCUT2D eigenvalue weighted by Gasteiger charge is -2.07. The molecule has 0 saturated heterocycles. The molecule has 2 rings (SSSR count). The van der Waals surface area contributed by atoms with Crippen LogP contribution in [-0.4, -0.2) is 20.5 Å². The van der Waals surface area contributed by atoms with Crippen molar-refractivity contribution in [1.82, 2.24) is 14.8 Å². The number of anilines is 1.